The molecule has 1 N–H and O–H groups in total. The highest BCUT2D eigenvalue weighted by Crippen LogP contribution is 2.31. The van der Waals surface area contributed by atoms with Crippen molar-refractivity contribution in [3.8, 4) is 0 Å². The maximum Gasteiger partial charge on any atom is 0.416 e. The molecule has 0 aliphatic carbocycles. The van der Waals surface area contributed by atoms with Crippen LogP contribution in [0.2, 0.25) is 0 Å². The molecular formula is C12H14F3NS. The molecule has 2 rings (SSSR count). The molecule has 0 saturated carbocycles. The summed E-state index contributed by atoms with van der Waals surface area (Å²) in [6.45, 7) is 1.98. The van der Waals surface area contributed by atoms with E-state index in [-0.39, 0.29) is 0 Å². The van der Waals surface area contributed by atoms with Gasteiger partial charge < -0.3 is 5.32 Å². The molecule has 1 heterocycles. The average Bonchev–Trinajstić information content (AvgIpc) is 2.78. The first kappa shape index (κ1) is 12.8. The lowest BCUT2D eigenvalue weighted by Gasteiger charge is -2.10. The molecule has 17 heavy (non-hydrogen) atoms. The third kappa shape index (κ3) is 3.64. The Morgan fingerprint density at radius 2 is 2.18 bits per heavy atom. The van der Waals surface area contributed by atoms with Crippen molar-refractivity contribution < 1.29 is 13.2 Å². The quantitative estimate of drug-likeness (QED) is 0.896. The largest absolute Gasteiger partial charge is 0.416 e. The minimum Gasteiger partial charge on any atom is -0.316 e. The summed E-state index contributed by atoms with van der Waals surface area (Å²) in [6.07, 6.45) is -3.14. The normalized spacial score (nSPS) is 20.8. The topological polar surface area (TPSA) is 12.0 Å². The van der Waals surface area contributed by atoms with Crippen LogP contribution in [-0.4, -0.2) is 18.3 Å². The van der Waals surface area contributed by atoms with E-state index < -0.39 is 11.7 Å². The van der Waals surface area contributed by atoms with Gasteiger partial charge in [0.1, 0.15) is 0 Å². The summed E-state index contributed by atoms with van der Waals surface area (Å²) in [6, 6.07) is 5.59. The molecule has 0 spiro atoms. The lowest BCUT2D eigenvalue weighted by Crippen LogP contribution is -2.10. The zero-order chi connectivity index (χ0) is 12.3. The smallest absolute Gasteiger partial charge is 0.316 e. The van der Waals surface area contributed by atoms with Crippen molar-refractivity contribution in [3.63, 3.8) is 0 Å². The van der Waals surface area contributed by atoms with Gasteiger partial charge in [0.25, 0.3) is 0 Å². The van der Waals surface area contributed by atoms with Crippen LogP contribution >= 0.6 is 11.8 Å². The summed E-state index contributed by atoms with van der Waals surface area (Å²) in [5.41, 5.74) is 0.192. The number of nitrogens with one attached hydrogen (secondary N) is 1. The molecule has 1 fully saturated rings. The van der Waals surface area contributed by atoms with Crippen molar-refractivity contribution in [1.29, 1.82) is 0 Å². The highest BCUT2D eigenvalue weighted by Gasteiger charge is 2.30. The fourth-order valence-corrected chi connectivity index (χ4v) is 2.95. The Kier molecular flexibility index (Phi) is 3.99. The highest BCUT2D eigenvalue weighted by atomic mass is 32.2. The van der Waals surface area contributed by atoms with E-state index in [1.165, 1.54) is 12.1 Å². The number of halogens is 3. The van der Waals surface area contributed by atoms with Gasteiger partial charge in [-0.15, -0.1) is 0 Å². The van der Waals surface area contributed by atoms with Crippen molar-refractivity contribution in [1.82, 2.24) is 5.32 Å². The number of thioether (sulfide) groups is 1. The van der Waals surface area contributed by atoms with Crippen LogP contribution in [0.1, 0.15) is 17.5 Å². The van der Waals surface area contributed by atoms with Crippen molar-refractivity contribution in [2.75, 3.05) is 13.1 Å². The van der Waals surface area contributed by atoms with Crippen molar-refractivity contribution in [3.05, 3.63) is 35.4 Å². The van der Waals surface area contributed by atoms with Gasteiger partial charge in [0.2, 0.25) is 0 Å². The molecule has 1 aliphatic rings. The molecule has 0 bridgehead atoms. The number of hydrogen-bond donors (Lipinski definition) is 1. The minimum atomic E-state index is -4.24. The van der Waals surface area contributed by atoms with Gasteiger partial charge in [0.05, 0.1) is 5.56 Å². The molecule has 0 radical (unpaired) electrons. The van der Waals surface area contributed by atoms with Gasteiger partial charge in [-0.05, 0) is 24.6 Å². The first-order chi connectivity index (χ1) is 8.05. The van der Waals surface area contributed by atoms with Crippen LogP contribution in [0.4, 0.5) is 13.2 Å². The van der Waals surface area contributed by atoms with E-state index in [2.05, 4.69) is 5.32 Å². The lowest BCUT2D eigenvalue weighted by atomic mass is 10.1. The minimum absolute atomic E-state index is 0.532. The predicted octanol–water partition coefficient (Wildman–Crippen LogP) is 3.30. The Labute approximate surface area is 103 Å². The predicted molar refractivity (Wildman–Crippen MR) is 64.0 cm³/mol. The maximum atomic E-state index is 12.5. The molecule has 0 amide bonds. The van der Waals surface area contributed by atoms with Gasteiger partial charge in [-0.3, -0.25) is 0 Å². The Morgan fingerprint density at radius 1 is 1.35 bits per heavy atom. The Hall–Kier alpha value is -0.680. The second-order valence-electron chi connectivity index (χ2n) is 4.12. The Bertz CT molecular complexity index is 372. The number of rotatable bonds is 3. The van der Waals surface area contributed by atoms with Gasteiger partial charge >= 0.3 is 6.18 Å². The van der Waals surface area contributed by atoms with Crippen LogP contribution in [0, 0.1) is 0 Å². The zero-order valence-electron chi connectivity index (χ0n) is 9.26. The zero-order valence-corrected chi connectivity index (χ0v) is 10.1. The molecule has 1 aliphatic heterocycles. The van der Waals surface area contributed by atoms with E-state index in [1.54, 1.807) is 17.8 Å². The van der Waals surface area contributed by atoms with Crippen molar-refractivity contribution in [2.24, 2.45) is 0 Å². The fourth-order valence-electron chi connectivity index (χ4n) is 1.82. The third-order valence-electron chi connectivity index (χ3n) is 2.76. The summed E-state index contributed by atoms with van der Waals surface area (Å²) in [5.74, 6) is 0.649. The van der Waals surface area contributed by atoms with E-state index in [4.69, 9.17) is 0 Å². The molecule has 1 saturated heterocycles. The molecule has 0 aromatic heterocycles. The standard InChI is InChI=1S/C12H14F3NS/c13-12(14,15)10-3-1-2-9(6-10)8-17-11-4-5-16-7-11/h1-3,6,11,16H,4-5,7-8H2. The monoisotopic (exact) mass is 261 g/mol. The Morgan fingerprint density at radius 3 is 2.82 bits per heavy atom. The van der Waals surface area contributed by atoms with Gasteiger partial charge in [-0.2, -0.15) is 24.9 Å². The first-order valence-electron chi connectivity index (χ1n) is 5.54. The van der Waals surface area contributed by atoms with Gasteiger partial charge in [-0.25, -0.2) is 0 Å². The molecule has 1 aromatic carbocycles. The summed E-state index contributed by atoms with van der Waals surface area (Å²) in [4.78, 5) is 0. The molecule has 94 valence electrons. The molecule has 1 nitrogen and oxygen atoms in total. The van der Waals surface area contributed by atoms with E-state index in [1.807, 2.05) is 0 Å². The van der Waals surface area contributed by atoms with E-state index >= 15 is 0 Å². The Balaban J connectivity index is 1.96. The highest BCUT2D eigenvalue weighted by molar-refractivity contribution is 7.99. The van der Waals surface area contributed by atoms with Crippen LogP contribution in [0.5, 0.6) is 0 Å². The number of alkyl halides is 3. The van der Waals surface area contributed by atoms with E-state index in [0.717, 1.165) is 31.1 Å². The van der Waals surface area contributed by atoms with Crippen LogP contribution in [-0.2, 0) is 11.9 Å². The summed E-state index contributed by atoms with van der Waals surface area (Å²) in [5, 5.41) is 3.78. The van der Waals surface area contributed by atoms with Gasteiger partial charge in [0.15, 0.2) is 0 Å². The van der Waals surface area contributed by atoms with Crippen LogP contribution in [0.3, 0.4) is 0 Å². The van der Waals surface area contributed by atoms with Gasteiger partial charge in [-0.1, -0.05) is 18.2 Å². The maximum absolute atomic E-state index is 12.5. The average molecular weight is 261 g/mol. The third-order valence-corrected chi connectivity index (χ3v) is 4.13. The number of benzene rings is 1. The second-order valence-corrected chi connectivity index (χ2v) is 5.41. The van der Waals surface area contributed by atoms with Crippen molar-refractivity contribution >= 4 is 11.8 Å². The van der Waals surface area contributed by atoms with E-state index in [9.17, 15) is 13.2 Å². The molecular weight excluding hydrogens is 247 g/mol. The van der Waals surface area contributed by atoms with Crippen LogP contribution < -0.4 is 5.32 Å². The van der Waals surface area contributed by atoms with E-state index in [0.29, 0.717) is 11.0 Å². The van der Waals surface area contributed by atoms with Crippen molar-refractivity contribution in [2.45, 2.75) is 23.6 Å². The molecule has 1 atom stereocenters. The second kappa shape index (κ2) is 5.31. The van der Waals surface area contributed by atoms with Gasteiger partial charge in [0, 0.05) is 17.5 Å². The van der Waals surface area contributed by atoms with Crippen LogP contribution in [0.15, 0.2) is 24.3 Å². The SMILES string of the molecule is FC(F)(F)c1cccc(CSC2CCNC2)c1. The summed E-state index contributed by atoms with van der Waals surface area (Å²) >= 11 is 1.73. The fraction of sp³-hybridized carbons (Fsp3) is 0.500. The van der Waals surface area contributed by atoms with Crippen LogP contribution in [0.25, 0.3) is 0 Å². The molecule has 1 unspecified atom stereocenters. The summed E-state index contributed by atoms with van der Waals surface area (Å²) < 4.78 is 37.5. The summed E-state index contributed by atoms with van der Waals surface area (Å²) in [7, 11) is 0. The first-order valence-corrected chi connectivity index (χ1v) is 6.59. The molecule has 1 aromatic rings. The lowest BCUT2D eigenvalue weighted by molar-refractivity contribution is -0.137. The number of hydrogen-bond acceptors (Lipinski definition) is 2. The molecule has 5 heteroatoms.